The molecule has 5 heteroatoms. The van der Waals surface area contributed by atoms with Gasteiger partial charge in [-0.3, -0.25) is 4.57 Å². The molecule has 0 unspecified atom stereocenters. The number of fused-ring (bicyclic) bond motifs is 1. The minimum atomic E-state index is 0.860. The number of nitrogens with zero attached hydrogens (tertiary/aromatic N) is 4. The van der Waals surface area contributed by atoms with E-state index in [0.717, 1.165) is 32.3 Å². The van der Waals surface area contributed by atoms with E-state index in [2.05, 4.69) is 58.7 Å². The third-order valence-corrected chi connectivity index (χ3v) is 5.21. The molecule has 2 heterocycles. The van der Waals surface area contributed by atoms with Gasteiger partial charge in [0.1, 0.15) is 6.33 Å². The van der Waals surface area contributed by atoms with Crippen LogP contribution in [0.25, 0.3) is 27.3 Å². The van der Waals surface area contributed by atoms with Gasteiger partial charge in [-0.1, -0.05) is 23.8 Å². The Hall–Kier alpha value is -2.53. The number of hydrogen-bond acceptors (Lipinski definition) is 4. The Bertz CT molecular complexity index is 1040. The molecule has 4 aromatic rings. The summed E-state index contributed by atoms with van der Waals surface area (Å²) >= 11 is 1.70. The van der Waals surface area contributed by atoms with Crippen LogP contribution >= 0.6 is 11.3 Å². The van der Waals surface area contributed by atoms with Crippen molar-refractivity contribution in [2.45, 2.75) is 27.7 Å². The van der Waals surface area contributed by atoms with Gasteiger partial charge in [0, 0.05) is 5.56 Å². The molecule has 2 aromatic heterocycles. The fourth-order valence-corrected chi connectivity index (χ4v) is 4.30. The van der Waals surface area contributed by atoms with E-state index in [1.165, 1.54) is 16.7 Å². The maximum Gasteiger partial charge on any atom is 0.169 e. The van der Waals surface area contributed by atoms with Crippen LogP contribution in [0.2, 0.25) is 0 Å². The lowest BCUT2D eigenvalue weighted by Gasteiger charge is -2.14. The molecule has 0 saturated carbocycles. The maximum absolute atomic E-state index is 4.59. The third-order valence-electron chi connectivity index (χ3n) is 4.19. The van der Waals surface area contributed by atoms with Gasteiger partial charge in [-0.05, 0) is 51.0 Å². The van der Waals surface area contributed by atoms with Crippen LogP contribution in [-0.4, -0.2) is 19.7 Å². The Kier molecular flexibility index (Phi) is 3.46. The van der Waals surface area contributed by atoms with Crippen molar-refractivity contribution in [3.05, 3.63) is 58.4 Å². The number of aryl methyl sites for hydroxylation is 4. The fourth-order valence-electron chi connectivity index (χ4n) is 3.37. The van der Waals surface area contributed by atoms with Gasteiger partial charge >= 0.3 is 0 Å². The molecule has 0 saturated heterocycles. The quantitative estimate of drug-likeness (QED) is 0.530. The molecule has 0 amide bonds. The molecule has 120 valence electrons. The molecule has 24 heavy (non-hydrogen) atoms. The van der Waals surface area contributed by atoms with Gasteiger partial charge in [-0.25, -0.2) is 4.98 Å². The second-order valence-electron chi connectivity index (χ2n) is 6.16. The van der Waals surface area contributed by atoms with Crippen LogP contribution < -0.4 is 0 Å². The van der Waals surface area contributed by atoms with Gasteiger partial charge in [-0.2, -0.15) is 0 Å². The summed E-state index contributed by atoms with van der Waals surface area (Å²) in [5.74, 6) is 0.860. The molecular weight excluding hydrogens is 316 g/mol. The normalized spacial score (nSPS) is 11.3. The van der Waals surface area contributed by atoms with Gasteiger partial charge in [0.25, 0.3) is 0 Å². The maximum atomic E-state index is 4.59. The summed E-state index contributed by atoms with van der Waals surface area (Å²) < 4.78 is 3.25. The minimum Gasteiger partial charge on any atom is -0.281 e. The largest absolute Gasteiger partial charge is 0.281 e. The van der Waals surface area contributed by atoms with E-state index >= 15 is 0 Å². The molecule has 4 rings (SSSR count). The van der Waals surface area contributed by atoms with Gasteiger partial charge in [0.15, 0.2) is 5.82 Å². The highest BCUT2D eigenvalue weighted by Gasteiger charge is 2.16. The molecule has 0 aliphatic rings. The average molecular weight is 334 g/mol. The Morgan fingerprint density at radius 2 is 1.75 bits per heavy atom. The van der Waals surface area contributed by atoms with Crippen molar-refractivity contribution in [2.75, 3.05) is 0 Å². The van der Waals surface area contributed by atoms with Gasteiger partial charge < -0.3 is 0 Å². The van der Waals surface area contributed by atoms with Crippen molar-refractivity contribution in [2.24, 2.45) is 0 Å². The summed E-state index contributed by atoms with van der Waals surface area (Å²) in [6, 6.07) is 10.6. The van der Waals surface area contributed by atoms with Crippen LogP contribution in [0, 0.1) is 27.7 Å². The summed E-state index contributed by atoms with van der Waals surface area (Å²) in [6.45, 7) is 8.43. The molecule has 4 nitrogen and oxygen atoms in total. The lowest BCUT2D eigenvalue weighted by atomic mass is 10.0. The van der Waals surface area contributed by atoms with E-state index in [-0.39, 0.29) is 0 Å². The molecule has 0 N–H and O–H groups in total. The number of benzene rings is 2. The first kappa shape index (κ1) is 15.0. The number of aromatic nitrogens is 4. The standard InChI is InChI=1S/C19H18N4S/c1-11-8-12(2)17(13(3)9-11)23-10-20-22-19(23)15-6-5-7-16-18(15)24-14(4)21-16/h5-10H,1-4H3. The predicted molar refractivity (Wildman–Crippen MR) is 98.9 cm³/mol. The molecular formula is C19H18N4S. The highest BCUT2D eigenvalue weighted by atomic mass is 32.1. The number of hydrogen-bond donors (Lipinski definition) is 0. The van der Waals surface area contributed by atoms with Crippen molar-refractivity contribution in [1.29, 1.82) is 0 Å². The average Bonchev–Trinajstić information content (AvgIpc) is 3.11. The zero-order chi connectivity index (χ0) is 16.8. The Morgan fingerprint density at radius 1 is 1.00 bits per heavy atom. The van der Waals surface area contributed by atoms with E-state index in [1.807, 2.05) is 19.1 Å². The van der Waals surface area contributed by atoms with E-state index in [1.54, 1.807) is 17.7 Å². The first-order valence-corrected chi connectivity index (χ1v) is 8.71. The summed E-state index contributed by atoms with van der Waals surface area (Å²) in [5, 5.41) is 9.67. The summed E-state index contributed by atoms with van der Waals surface area (Å²) in [5.41, 5.74) is 6.96. The van der Waals surface area contributed by atoms with Gasteiger partial charge in [0.2, 0.25) is 0 Å². The lowest BCUT2D eigenvalue weighted by Crippen LogP contribution is -2.02. The van der Waals surface area contributed by atoms with Crippen LogP contribution in [0.4, 0.5) is 0 Å². The SMILES string of the molecule is Cc1cc(C)c(-n2cnnc2-c2cccc3nc(C)sc23)c(C)c1. The zero-order valence-electron chi connectivity index (χ0n) is 14.2. The third kappa shape index (κ3) is 2.32. The molecule has 0 aliphatic carbocycles. The Balaban J connectivity index is 1.99. The van der Waals surface area contributed by atoms with E-state index < -0.39 is 0 Å². The molecule has 0 spiro atoms. The number of thiazole rings is 1. The number of rotatable bonds is 2. The zero-order valence-corrected chi connectivity index (χ0v) is 15.0. The first-order chi connectivity index (χ1) is 11.5. The van der Waals surface area contributed by atoms with Crippen molar-refractivity contribution < 1.29 is 0 Å². The molecule has 0 atom stereocenters. The van der Waals surface area contributed by atoms with Crippen molar-refractivity contribution in [1.82, 2.24) is 19.7 Å². The summed E-state index contributed by atoms with van der Waals surface area (Å²) in [7, 11) is 0. The van der Waals surface area contributed by atoms with Crippen LogP contribution in [0.3, 0.4) is 0 Å². The van der Waals surface area contributed by atoms with E-state index in [9.17, 15) is 0 Å². The lowest BCUT2D eigenvalue weighted by molar-refractivity contribution is 1.03. The van der Waals surface area contributed by atoms with E-state index in [0.29, 0.717) is 0 Å². The minimum absolute atomic E-state index is 0.860. The van der Waals surface area contributed by atoms with Crippen molar-refractivity contribution >= 4 is 21.6 Å². The van der Waals surface area contributed by atoms with Gasteiger partial charge in [0.05, 0.1) is 20.9 Å². The summed E-state index contributed by atoms with van der Waals surface area (Å²) in [6.07, 6.45) is 1.80. The van der Waals surface area contributed by atoms with E-state index in [4.69, 9.17) is 0 Å². The molecule has 2 aromatic carbocycles. The monoisotopic (exact) mass is 334 g/mol. The summed E-state index contributed by atoms with van der Waals surface area (Å²) in [4.78, 5) is 4.59. The van der Waals surface area contributed by atoms with Crippen LogP contribution in [0.15, 0.2) is 36.7 Å². The molecule has 0 aliphatic heterocycles. The molecule has 0 radical (unpaired) electrons. The van der Waals surface area contributed by atoms with Gasteiger partial charge in [-0.15, -0.1) is 21.5 Å². The smallest absolute Gasteiger partial charge is 0.169 e. The van der Waals surface area contributed by atoms with Crippen LogP contribution in [0.5, 0.6) is 0 Å². The predicted octanol–water partition coefficient (Wildman–Crippen LogP) is 4.78. The van der Waals surface area contributed by atoms with Crippen LogP contribution in [-0.2, 0) is 0 Å². The molecule has 0 fully saturated rings. The fraction of sp³-hybridized carbons (Fsp3) is 0.211. The Labute approximate surface area is 144 Å². The second kappa shape index (κ2) is 5.53. The van der Waals surface area contributed by atoms with Crippen molar-refractivity contribution in [3.8, 4) is 17.1 Å². The van der Waals surface area contributed by atoms with Crippen LogP contribution in [0.1, 0.15) is 21.7 Å². The first-order valence-electron chi connectivity index (χ1n) is 7.89. The highest BCUT2D eigenvalue weighted by molar-refractivity contribution is 7.19. The Morgan fingerprint density at radius 3 is 2.50 bits per heavy atom. The molecule has 0 bridgehead atoms. The van der Waals surface area contributed by atoms with Crippen molar-refractivity contribution in [3.63, 3.8) is 0 Å². The topological polar surface area (TPSA) is 43.6 Å². The second-order valence-corrected chi connectivity index (χ2v) is 7.36. The highest BCUT2D eigenvalue weighted by Crippen LogP contribution is 2.33.